The average Bonchev–Trinajstić information content (AvgIpc) is 3.24. The molecule has 3 aromatic rings. The second kappa shape index (κ2) is 9.04. The van der Waals surface area contributed by atoms with Crippen LogP contribution in [-0.2, 0) is 16.6 Å². The van der Waals surface area contributed by atoms with Crippen LogP contribution in [0.3, 0.4) is 0 Å². The number of nitrogens with one attached hydrogen (secondary N) is 1. The molecule has 0 fully saturated rings. The summed E-state index contributed by atoms with van der Waals surface area (Å²) in [5.74, 6) is 1.12. The lowest BCUT2D eigenvalue weighted by atomic mass is 10.1. The van der Waals surface area contributed by atoms with E-state index in [1.807, 2.05) is 0 Å². The third kappa shape index (κ3) is 4.94. The van der Waals surface area contributed by atoms with Gasteiger partial charge in [0.25, 0.3) is 5.91 Å². The van der Waals surface area contributed by atoms with Crippen LogP contribution in [0.1, 0.15) is 16.2 Å². The molecule has 0 unspecified atom stereocenters. The van der Waals surface area contributed by atoms with Gasteiger partial charge in [0.2, 0.25) is 21.7 Å². The molecule has 0 saturated heterocycles. The highest BCUT2D eigenvalue weighted by atomic mass is 32.2. The summed E-state index contributed by atoms with van der Waals surface area (Å²) in [4.78, 5) is 16.9. The van der Waals surface area contributed by atoms with Crippen molar-refractivity contribution in [2.45, 2.75) is 6.54 Å². The molecule has 0 spiro atoms. The van der Waals surface area contributed by atoms with E-state index in [9.17, 15) is 13.2 Å². The van der Waals surface area contributed by atoms with E-state index in [1.54, 1.807) is 43.5 Å². The molecule has 0 aliphatic heterocycles. The molecular formula is C20H22N4O6S. The first-order valence-electron chi connectivity index (χ1n) is 9.10. The summed E-state index contributed by atoms with van der Waals surface area (Å²) < 4.78 is 40.5. The number of nitrogens with zero attached hydrogens (tertiary/aromatic N) is 3. The lowest BCUT2D eigenvalue weighted by molar-refractivity contribution is 0.0947. The largest absolute Gasteiger partial charge is 0.497 e. The number of ether oxygens (including phenoxy) is 2. The fourth-order valence-corrected chi connectivity index (χ4v) is 3.31. The van der Waals surface area contributed by atoms with Crippen molar-refractivity contribution < 1.29 is 27.2 Å². The minimum atomic E-state index is -3.53. The molecule has 31 heavy (non-hydrogen) atoms. The highest BCUT2D eigenvalue weighted by molar-refractivity contribution is 7.92. The predicted molar refractivity (Wildman–Crippen MR) is 114 cm³/mol. The molecule has 2 aromatic carbocycles. The number of sulfonamides is 1. The van der Waals surface area contributed by atoms with Crippen molar-refractivity contribution in [2.24, 2.45) is 0 Å². The van der Waals surface area contributed by atoms with Gasteiger partial charge in [-0.25, -0.2) is 8.42 Å². The number of hydrogen-bond donors (Lipinski definition) is 1. The Morgan fingerprint density at radius 2 is 1.90 bits per heavy atom. The number of carbonyl (C=O) groups is 1. The topological polar surface area (TPSA) is 124 Å². The second-order valence-corrected chi connectivity index (χ2v) is 8.52. The van der Waals surface area contributed by atoms with Crippen molar-refractivity contribution in [3.05, 3.63) is 53.9 Å². The summed E-state index contributed by atoms with van der Waals surface area (Å²) in [6, 6.07) is 11.6. The lowest BCUT2D eigenvalue weighted by Crippen LogP contribution is -2.29. The Kier molecular flexibility index (Phi) is 6.44. The van der Waals surface area contributed by atoms with Gasteiger partial charge in [-0.3, -0.25) is 9.10 Å². The number of carbonyl (C=O) groups excluding carboxylic acids is 1. The summed E-state index contributed by atoms with van der Waals surface area (Å²) in [5.41, 5.74) is 1.06. The van der Waals surface area contributed by atoms with Crippen LogP contribution in [0.15, 0.2) is 47.0 Å². The Balaban J connectivity index is 1.76. The van der Waals surface area contributed by atoms with Crippen molar-refractivity contribution in [1.29, 1.82) is 0 Å². The van der Waals surface area contributed by atoms with E-state index in [2.05, 4.69) is 15.5 Å². The van der Waals surface area contributed by atoms with Crippen molar-refractivity contribution in [2.75, 3.05) is 31.8 Å². The molecule has 10 nitrogen and oxygen atoms in total. The quantitative estimate of drug-likeness (QED) is 0.558. The minimum absolute atomic E-state index is 0.0404. The number of para-hydroxylation sites is 1. The monoisotopic (exact) mass is 446 g/mol. The van der Waals surface area contributed by atoms with E-state index in [0.717, 1.165) is 10.6 Å². The van der Waals surface area contributed by atoms with Gasteiger partial charge in [-0.05, 0) is 24.3 Å². The van der Waals surface area contributed by atoms with Gasteiger partial charge in [0.15, 0.2) is 0 Å². The second-order valence-electron chi connectivity index (χ2n) is 6.51. The van der Waals surface area contributed by atoms with E-state index in [1.165, 1.54) is 20.2 Å². The van der Waals surface area contributed by atoms with Gasteiger partial charge in [-0.15, -0.1) is 0 Å². The van der Waals surface area contributed by atoms with Gasteiger partial charge in [-0.2, -0.15) is 4.98 Å². The van der Waals surface area contributed by atoms with E-state index < -0.39 is 15.9 Å². The van der Waals surface area contributed by atoms with Crippen LogP contribution in [-0.4, -0.2) is 52.0 Å². The maximum absolute atomic E-state index is 12.7. The summed E-state index contributed by atoms with van der Waals surface area (Å²) in [6.45, 7) is -0.0404. The molecular weight excluding hydrogens is 424 g/mol. The third-order valence-corrected chi connectivity index (χ3v) is 5.69. The van der Waals surface area contributed by atoms with Gasteiger partial charge in [0.05, 0.1) is 43.8 Å². The SMILES string of the molecule is COc1ccc(-c2noc(CNC(=O)c3ccccc3N(C)S(C)(=O)=O)n2)c(OC)c1. The summed E-state index contributed by atoms with van der Waals surface area (Å²) in [5, 5.41) is 6.60. The molecule has 0 atom stereocenters. The molecule has 0 aliphatic rings. The lowest BCUT2D eigenvalue weighted by Gasteiger charge is -2.19. The molecule has 1 aromatic heterocycles. The van der Waals surface area contributed by atoms with E-state index in [0.29, 0.717) is 22.9 Å². The Morgan fingerprint density at radius 3 is 2.58 bits per heavy atom. The molecule has 164 valence electrons. The van der Waals surface area contributed by atoms with Crippen LogP contribution in [0.2, 0.25) is 0 Å². The van der Waals surface area contributed by atoms with E-state index in [4.69, 9.17) is 14.0 Å². The summed E-state index contributed by atoms with van der Waals surface area (Å²) in [6.07, 6.45) is 1.06. The van der Waals surface area contributed by atoms with Crippen molar-refractivity contribution in [1.82, 2.24) is 15.5 Å². The Hall–Kier alpha value is -3.60. The highest BCUT2D eigenvalue weighted by Crippen LogP contribution is 2.31. The molecule has 0 saturated carbocycles. The predicted octanol–water partition coefficient (Wildman–Crippen LogP) is 2.08. The zero-order valence-electron chi connectivity index (χ0n) is 17.4. The Morgan fingerprint density at radius 1 is 1.16 bits per heavy atom. The van der Waals surface area contributed by atoms with Crippen molar-refractivity contribution in [3.8, 4) is 22.9 Å². The summed E-state index contributed by atoms with van der Waals surface area (Å²) in [7, 11) is 0.926. The normalized spacial score (nSPS) is 11.1. The maximum Gasteiger partial charge on any atom is 0.253 e. The molecule has 11 heteroatoms. The Labute approximate surface area is 179 Å². The third-order valence-electron chi connectivity index (χ3n) is 4.50. The molecule has 3 rings (SSSR count). The van der Waals surface area contributed by atoms with E-state index in [-0.39, 0.29) is 23.7 Å². The van der Waals surface area contributed by atoms with Gasteiger partial charge in [0, 0.05) is 13.1 Å². The molecule has 1 heterocycles. The van der Waals surface area contributed by atoms with Gasteiger partial charge >= 0.3 is 0 Å². The van der Waals surface area contributed by atoms with Crippen LogP contribution in [0.5, 0.6) is 11.5 Å². The Bertz CT molecular complexity index is 1190. The van der Waals surface area contributed by atoms with Crippen LogP contribution in [0, 0.1) is 0 Å². The van der Waals surface area contributed by atoms with Crippen LogP contribution in [0.4, 0.5) is 5.69 Å². The van der Waals surface area contributed by atoms with Crippen LogP contribution in [0.25, 0.3) is 11.4 Å². The van der Waals surface area contributed by atoms with Crippen LogP contribution >= 0.6 is 0 Å². The molecule has 0 aliphatic carbocycles. The minimum Gasteiger partial charge on any atom is -0.497 e. The number of methoxy groups -OCH3 is 2. The van der Waals surface area contributed by atoms with Crippen molar-refractivity contribution >= 4 is 21.6 Å². The standard InChI is InChI=1S/C20H22N4O6S/c1-24(31(4,26)27)16-8-6-5-7-14(16)20(25)21-12-18-22-19(23-30-18)15-10-9-13(28-2)11-17(15)29-3/h5-11H,12H2,1-4H3,(H,21,25). The first-order valence-corrected chi connectivity index (χ1v) is 11.0. The zero-order chi connectivity index (χ0) is 22.6. The maximum atomic E-state index is 12.7. The summed E-state index contributed by atoms with van der Waals surface area (Å²) >= 11 is 0. The number of anilines is 1. The number of hydrogen-bond acceptors (Lipinski definition) is 8. The molecule has 0 radical (unpaired) electrons. The first-order chi connectivity index (χ1) is 14.7. The zero-order valence-corrected chi connectivity index (χ0v) is 18.3. The van der Waals surface area contributed by atoms with Gasteiger partial charge in [0.1, 0.15) is 11.5 Å². The van der Waals surface area contributed by atoms with E-state index >= 15 is 0 Å². The number of aromatic nitrogens is 2. The molecule has 1 N–H and O–H groups in total. The molecule has 1 amide bonds. The van der Waals surface area contributed by atoms with Gasteiger partial charge in [-0.1, -0.05) is 17.3 Å². The average molecular weight is 446 g/mol. The van der Waals surface area contributed by atoms with Crippen molar-refractivity contribution in [3.63, 3.8) is 0 Å². The number of rotatable bonds is 8. The smallest absolute Gasteiger partial charge is 0.253 e. The molecule has 0 bridgehead atoms. The van der Waals surface area contributed by atoms with Crippen LogP contribution < -0.4 is 19.1 Å². The van der Waals surface area contributed by atoms with Gasteiger partial charge < -0.3 is 19.3 Å². The number of amides is 1. The number of benzene rings is 2. The first kappa shape index (κ1) is 22.1. The fourth-order valence-electron chi connectivity index (χ4n) is 2.79. The highest BCUT2D eigenvalue weighted by Gasteiger charge is 2.20. The fraction of sp³-hybridized carbons (Fsp3) is 0.250.